The number of hydrogen-bond donors (Lipinski definition) is 1. The number of amides is 1. The Labute approximate surface area is 151 Å². The fraction of sp³-hybridized carbons (Fsp3) is 0.444. The lowest BCUT2D eigenvalue weighted by Crippen LogP contribution is -2.12. The molecule has 0 saturated heterocycles. The summed E-state index contributed by atoms with van der Waals surface area (Å²) >= 11 is 1.59. The predicted molar refractivity (Wildman–Crippen MR) is 97.2 cm³/mol. The third kappa shape index (κ3) is 3.87. The Hall–Kier alpha value is -2.28. The minimum Gasteiger partial charge on any atom is -0.493 e. The van der Waals surface area contributed by atoms with Crippen LogP contribution in [0.25, 0.3) is 0 Å². The van der Waals surface area contributed by atoms with Gasteiger partial charge in [0.1, 0.15) is 0 Å². The molecule has 0 fully saturated rings. The molecule has 1 aromatic heterocycles. The highest BCUT2D eigenvalue weighted by Gasteiger charge is 2.18. The summed E-state index contributed by atoms with van der Waals surface area (Å²) < 4.78 is 16.0. The number of ether oxygens (including phenoxy) is 3. The van der Waals surface area contributed by atoms with E-state index in [0.29, 0.717) is 35.2 Å². The summed E-state index contributed by atoms with van der Waals surface area (Å²) in [5, 5.41) is 3.61. The molecule has 0 unspecified atom stereocenters. The number of nitrogens with zero attached hydrogens (tertiary/aromatic N) is 1. The quantitative estimate of drug-likeness (QED) is 0.819. The van der Waals surface area contributed by atoms with Crippen molar-refractivity contribution in [2.45, 2.75) is 32.1 Å². The Morgan fingerprint density at radius 1 is 1.16 bits per heavy atom. The first-order valence-electron chi connectivity index (χ1n) is 8.22. The van der Waals surface area contributed by atoms with Crippen LogP contribution in [0.3, 0.4) is 0 Å². The molecular weight excluding hydrogens is 340 g/mol. The number of rotatable bonds is 7. The number of carbonyl (C=O) groups excluding carboxylic acids is 1. The van der Waals surface area contributed by atoms with Crippen LogP contribution in [0.2, 0.25) is 0 Å². The molecule has 7 heteroatoms. The zero-order valence-corrected chi connectivity index (χ0v) is 15.5. The van der Waals surface area contributed by atoms with Gasteiger partial charge >= 0.3 is 0 Å². The van der Waals surface area contributed by atoms with E-state index in [1.54, 1.807) is 32.7 Å². The molecule has 1 amide bonds. The molecule has 1 N–H and O–H groups in total. The molecule has 0 spiro atoms. The Balaban J connectivity index is 1.63. The molecule has 1 aliphatic carbocycles. The average Bonchev–Trinajstić information content (AvgIpc) is 3.20. The van der Waals surface area contributed by atoms with E-state index in [1.165, 1.54) is 11.3 Å². The van der Waals surface area contributed by atoms with Crippen LogP contribution < -0.4 is 19.5 Å². The van der Waals surface area contributed by atoms with E-state index in [2.05, 4.69) is 10.3 Å². The number of aryl methyl sites for hydroxylation is 3. The van der Waals surface area contributed by atoms with Gasteiger partial charge in [-0.1, -0.05) is 0 Å². The monoisotopic (exact) mass is 362 g/mol. The van der Waals surface area contributed by atoms with Gasteiger partial charge < -0.3 is 19.5 Å². The number of benzene rings is 1. The smallest absolute Gasteiger partial charge is 0.226 e. The number of fused-ring (bicyclic) bond motifs is 1. The standard InChI is InChI=1S/C18H22N2O4S/c1-22-13-9-11(10-14(23-2)17(13)24-3)7-8-16(21)20-18-19-12-5-4-6-15(12)25-18/h9-10H,4-8H2,1-3H3,(H,19,20,21). The zero-order chi connectivity index (χ0) is 17.8. The highest BCUT2D eigenvalue weighted by Crippen LogP contribution is 2.38. The van der Waals surface area contributed by atoms with Crippen molar-refractivity contribution in [3.63, 3.8) is 0 Å². The van der Waals surface area contributed by atoms with E-state index in [0.717, 1.165) is 24.1 Å². The van der Waals surface area contributed by atoms with Crippen molar-refractivity contribution in [2.75, 3.05) is 26.6 Å². The molecule has 0 saturated carbocycles. The summed E-state index contributed by atoms with van der Waals surface area (Å²) in [5.41, 5.74) is 2.09. The second-order valence-corrected chi connectivity index (χ2v) is 6.91. The molecule has 0 atom stereocenters. The van der Waals surface area contributed by atoms with Gasteiger partial charge in [-0.15, -0.1) is 11.3 Å². The average molecular weight is 362 g/mol. The van der Waals surface area contributed by atoms with E-state index in [4.69, 9.17) is 14.2 Å². The maximum atomic E-state index is 12.2. The summed E-state index contributed by atoms with van der Waals surface area (Å²) in [7, 11) is 4.73. The Bertz CT molecular complexity index is 726. The maximum absolute atomic E-state index is 12.2. The lowest BCUT2D eigenvalue weighted by atomic mass is 10.1. The van der Waals surface area contributed by atoms with Crippen molar-refractivity contribution in [1.82, 2.24) is 4.98 Å². The van der Waals surface area contributed by atoms with Gasteiger partial charge in [-0.3, -0.25) is 4.79 Å². The molecule has 6 nitrogen and oxygen atoms in total. The van der Waals surface area contributed by atoms with Crippen LogP contribution >= 0.6 is 11.3 Å². The first-order chi connectivity index (χ1) is 12.1. The van der Waals surface area contributed by atoms with Gasteiger partial charge in [0.25, 0.3) is 0 Å². The van der Waals surface area contributed by atoms with Crippen LogP contribution in [0.4, 0.5) is 5.13 Å². The minimum atomic E-state index is -0.0406. The van der Waals surface area contributed by atoms with Crippen molar-refractivity contribution in [3.05, 3.63) is 28.3 Å². The largest absolute Gasteiger partial charge is 0.493 e. The predicted octanol–water partition coefficient (Wildman–Crippen LogP) is 3.23. The van der Waals surface area contributed by atoms with Gasteiger partial charge in [-0.05, 0) is 43.4 Å². The summed E-state index contributed by atoms with van der Waals surface area (Å²) in [5.74, 6) is 1.69. The van der Waals surface area contributed by atoms with Gasteiger partial charge in [0.2, 0.25) is 11.7 Å². The highest BCUT2D eigenvalue weighted by atomic mass is 32.1. The van der Waals surface area contributed by atoms with Gasteiger partial charge in [-0.2, -0.15) is 0 Å². The molecule has 3 rings (SSSR count). The van der Waals surface area contributed by atoms with Crippen LogP contribution in [0.1, 0.15) is 29.0 Å². The molecule has 134 valence electrons. The topological polar surface area (TPSA) is 69.7 Å². The van der Waals surface area contributed by atoms with Crippen molar-refractivity contribution in [1.29, 1.82) is 0 Å². The van der Waals surface area contributed by atoms with Crippen molar-refractivity contribution >= 4 is 22.4 Å². The second-order valence-electron chi connectivity index (χ2n) is 5.82. The molecule has 1 aromatic carbocycles. The molecule has 2 aromatic rings. The van der Waals surface area contributed by atoms with Crippen LogP contribution in [0, 0.1) is 0 Å². The number of methoxy groups -OCH3 is 3. The van der Waals surface area contributed by atoms with Gasteiger partial charge in [0.15, 0.2) is 16.6 Å². The first-order valence-corrected chi connectivity index (χ1v) is 9.03. The number of aromatic nitrogens is 1. The molecule has 0 radical (unpaired) electrons. The molecule has 0 bridgehead atoms. The lowest BCUT2D eigenvalue weighted by Gasteiger charge is -2.14. The third-order valence-electron chi connectivity index (χ3n) is 4.21. The fourth-order valence-corrected chi connectivity index (χ4v) is 4.03. The van der Waals surface area contributed by atoms with Crippen molar-refractivity contribution < 1.29 is 19.0 Å². The molecule has 25 heavy (non-hydrogen) atoms. The van der Waals surface area contributed by atoms with Crippen molar-refractivity contribution in [2.24, 2.45) is 0 Å². The zero-order valence-electron chi connectivity index (χ0n) is 14.7. The third-order valence-corrected chi connectivity index (χ3v) is 5.28. The lowest BCUT2D eigenvalue weighted by molar-refractivity contribution is -0.116. The van der Waals surface area contributed by atoms with E-state index < -0.39 is 0 Å². The summed E-state index contributed by atoms with van der Waals surface area (Å²) in [4.78, 5) is 18.0. The summed E-state index contributed by atoms with van der Waals surface area (Å²) in [6.07, 6.45) is 4.21. The van der Waals surface area contributed by atoms with Crippen LogP contribution in [0.15, 0.2) is 12.1 Å². The first kappa shape index (κ1) is 17.5. The SMILES string of the molecule is COc1cc(CCC(=O)Nc2nc3c(s2)CCC3)cc(OC)c1OC. The molecular formula is C18H22N2O4S. The summed E-state index contributed by atoms with van der Waals surface area (Å²) in [6.45, 7) is 0. The van der Waals surface area contributed by atoms with E-state index in [9.17, 15) is 4.79 Å². The molecule has 1 aliphatic rings. The number of carbonyl (C=O) groups is 1. The number of anilines is 1. The van der Waals surface area contributed by atoms with Gasteiger partial charge in [0.05, 0.1) is 27.0 Å². The van der Waals surface area contributed by atoms with E-state index in [-0.39, 0.29) is 5.91 Å². The van der Waals surface area contributed by atoms with Crippen LogP contribution in [-0.4, -0.2) is 32.2 Å². The van der Waals surface area contributed by atoms with Crippen molar-refractivity contribution in [3.8, 4) is 17.2 Å². The minimum absolute atomic E-state index is 0.0406. The molecule has 1 heterocycles. The number of nitrogens with one attached hydrogen (secondary N) is 1. The maximum Gasteiger partial charge on any atom is 0.226 e. The van der Waals surface area contributed by atoms with Gasteiger partial charge in [0, 0.05) is 11.3 Å². The Morgan fingerprint density at radius 3 is 2.48 bits per heavy atom. The molecule has 0 aliphatic heterocycles. The fourth-order valence-electron chi connectivity index (χ4n) is 2.96. The summed E-state index contributed by atoms with van der Waals surface area (Å²) in [6, 6.07) is 3.74. The second kappa shape index (κ2) is 7.74. The Kier molecular flexibility index (Phi) is 5.43. The van der Waals surface area contributed by atoms with Gasteiger partial charge in [-0.25, -0.2) is 4.98 Å². The highest BCUT2D eigenvalue weighted by molar-refractivity contribution is 7.15. The number of thiazole rings is 1. The normalized spacial score (nSPS) is 12.6. The number of hydrogen-bond acceptors (Lipinski definition) is 6. The Morgan fingerprint density at radius 2 is 1.88 bits per heavy atom. The van der Waals surface area contributed by atoms with Crippen LogP contribution in [0.5, 0.6) is 17.2 Å². The van der Waals surface area contributed by atoms with E-state index >= 15 is 0 Å². The van der Waals surface area contributed by atoms with Crippen LogP contribution in [-0.2, 0) is 24.1 Å². The van der Waals surface area contributed by atoms with E-state index in [1.807, 2.05) is 12.1 Å².